The van der Waals surface area contributed by atoms with Crippen molar-refractivity contribution in [3.8, 4) is 5.75 Å². The maximum atomic E-state index is 12.8. The van der Waals surface area contributed by atoms with E-state index < -0.39 is 5.97 Å². The van der Waals surface area contributed by atoms with E-state index in [0.717, 1.165) is 29.7 Å². The van der Waals surface area contributed by atoms with Gasteiger partial charge in [0.05, 0.1) is 23.4 Å². The largest absolute Gasteiger partial charge is 0.484 e. The van der Waals surface area contributed by atoms with Gasteiger partial charge in [-0.1, -0.05) is 42.4 Å². The SMILES string of the molecule is CCn1c(COc2ccccc2Cl)nnc1SCC(=O)Nc1sc2c(c1C(=O)OC)CCC(C)C2. The molecule has 11 heteroatoms. The zero-order valence-electron chi connectivity index (χ0n) is 19.8. The minimum Gasteiger partial charge on any atom is -0.484 e. The van der Waals surface area contributed by atoms with Crippen molar-refractivity contribution in [2.24, 2.45) is 5.92 Å². The summed E-state index contributed by atoms with van der Waals surface area (Å²) >= 11 is 8.91. The number of hydrogen-bond acceptors (Lipinski definition) is 8. The number of thiophene rings is 1. The van der Waals surface area contributed by atoms with Gasteiger partial charge in [0.25, 0.3) is 0 Å². The Morgan fingerprint density at radius 3 is 2.86 bits per heavy atom. The molecule has 0 saturated carbocycles. The van der Waals surface area contributed by atoms with Gasteiger partial charge in [0.1, 0.15) is 17.4 Å². The molecule has 1 aliphatic rings. The maximum absolute atomic E-state index is 12.8. The Bertz CT molecular complexity index is 1230. The summed E-state index contributed by atoms with van der Waals surface area (Å²) in [5, 5.41) is 13.1. The van der Waals surface area contributed by atoms with Gasteiger partial charge in [-0.15, -0.1) is 21.5 Å². The first-order valence-corrected chi connectivity index (χ1v) is 13.5. The third-order valence-electron chi connectivity index (χ3n) is 5.79. The molecular formula is C24H27ClN4O4S2. The van der Waals surface area contributed by atoms with Gasteiger partial charge in [-0.25, -0.2) is 4.79 Å². The second-order valence-electron chi connectivity index (χ2n) is 8.25. The minimum absolute atomic E-state index is 0.128. The number of aromatic nitrogens is 3. The van der Waals surface area contributed by atoms with Gasteiger partial charge in [-0.05, 0) is 49.8 Å². The molecule has 1 unspecified atom stereocenters. The number of benzene rings is 1. The zero-order valence-corrected chi connectivity index (χ0v) is 22.2. The number of carbonyl (C=O) groups excluding carboxylic acids is 2. The number of amides is 1. The Balaban J connectivity index is 1.41. The van der Waals surface area contributed by atoms with E-state index in [0.29, 0.717) is 44.8 Å². The highest BCUT2D eigenvalue weighted by Crippen LogP contribution is 2.40. The van der Waals surface area contributed by atoms with Crippen molar-refractivity contribution in [1.29, 1.82) is 0 Å². The third-order valence-corrected chi connectivity index (χ3v) is 8.24. The van der Waals surface area contributed by atoms with Crippen molar-refractivity contribution >= 4 is 51.6 Å². The Morgan fingerprint density at radius 2 is 2.11 bits per heavy atom. The van der Waals surface area contributed by atoms with Gasteiger partial charge in [0, 0.05) is 11.4 Å². The normalized spacial score (nSPS) is 14.9. The van der Waals surface area contributed by atoms with Crippen LogP contribution >= 0.6 is 34.7 Å². The number of nitrogens with zero attached hydrogens (tertiary/aromatic N) is 3. The van der Waals surface area contributed by atoms with Crippen molar-refractivity contribution in [2.45, 2.75) is 51.4 Å². The predicted octanol–water partition coefficient (Wildman–Crippen LogP) is 5.23. The van der Waals surface area contributed by atoms with E-state index in [1.54, 1.807) is 12.1 Å². The summed E-state index contributed by atoms with van der Waals surface area (Å²) < 4.78 is 12.7. The summed E-state index contributed by atoms with van der Waals surface area (Å²) in [6, 6.07) is 7.24. The summed E-state index contributed by atoms with van der Waals surface area (Å²) in [6.45, 7) is 5.01. The lowest BCUT2D eigenvalue weighted by molar-refractivity contribution is -0.113. The van der Waals surface area contributed by atoms with Crippen molar-refractivity contribution in [3.63, 3.8) is 0 Å². The van der Waals surface area contributed by atoms with Crippen LogP contribution in [0.5, 0.6) is 5.75 Å². The second kappa shape index (κ2) is 11.5. The molecule has 1 aromatic carbocycles. The lowest BCUT2D eigenvalue weighted by Gasteiger charge is -2.18. The van der Waals surface area contributed by atoms with Gasteiger partial charge in [0.2, 0.25) is 5.91 Å². The average Bonchev–Trinajstić information content (AvgIpc) is 3.41. The van der Waals surface area contributed by atoms with Crippen LogP contribution in [0.25, 0.3) is 0 Å². The summed E-state index contributed by atoms with van der Waals surface area (Å²) in [5.41, 5.74) is 1.50. The molecule has 35 heavy (non-hydrogen) atoms. The van der Waals surface area contributed by atoms with Crippen molar-refractivity contribution in [3.05, 3.63) is 51.1 Å². The van der Waals surface area contributed by atoms with Crippen molar-refractivity contribution in [1.82, 2.24) is 14.8 Å². The summed E-state index contributed by atoms with van der Waals surface area (Å²) in [4.78, 5) is 26.4. The second-order valence-corrected chi connectivity index (χ2v) is 10.7. The van der Waals surface area contributed by atoms with E-state index in [9.17, 15) is 9.59 Å². The molecule has 0 fully saturated rings. The van der Waals surface area contributed by atoms with Gasteiger partial charge in [0.15, 0.2) is 11.0 Å². The number of carbonyl (C=O) groups is 2. The number of anilines is 1. The molecule has 1 atom stereocenters. The van der Waals surface area contributed by atoms with E-state index in [4.69, 9.17) is 21.1 Å². The fourth-order valence-electron chi connectivity index (χ4n) is 4.00. The molecule has 0 spiro atoms. The van der Waals surface area contributed by atoms with Crippen LogP contribution in [0, 0.1) is 5.92 Å². The van der Waals surface area contributed by atoms with Crippen LogP contribution < -0.4 is 10.1 Å². The zero-order chi connectivity index (χ0) is 24.9. The van der Waals surface area contributed by atoms with Crippen LogP contribution in [0.3, 0.4) is 0 Å². The van der Waals surface area contributed by atoms with Gasteiger partial charge in [-0.3, -0.25) is 4.79 Å². The first kappa shape index (κ1) is 25.5. The fraction of sp³-hybridized carbons (Fsp3) is 0.417. The highest BCUT2D eigenvalue weighted by atomic mass is 35.5. The fourth-order valence-corrected chi connectivity index (χ4v) is 6.43. The molecule has 0 aliphatic heterocycles. The molecule has 0 saturated heterocycles. The molecule has 1 amide bonds. The standard InChI is InChI=1S/C24H27ClN4O4S2/c1-4-29-19(12-33-17-8-6-5-7-16(17)25)27-28-24(29)34-13-20(30)26-22-21(23(31)32-3)15-10-9-14(2)11-18(15)35-22/h5-8,14H,4,9-13H2,1-3H3,(H,26,30). The number of methoxy groups -OCH3 is 1. The quantitative estimate of drug-likeness (QED) is 0.296. The van der Waals surface area contributed by atoms with Crippen LogP contribution in [0.2, 0.25) is 5.02 Å². The van der Waals surface area contributed by atoms with Crippen LogP contribution in [-0.2, 0) is 35.5 Å². The molecule has 1 aliphatic carbocycles. The molecule has 1 N–H and O–H groups in total. The minimum atomic E-state index is -0.408. The molecule has 186 valence electrons. The number of fused-ring (bicyclic) bond motifs is 1. The Kier molecular flexibility index (Phi) is 8.35. The smallest absolute Gasteiger partial charge is 0.341 e. The maximum Gasteiger partial charge on any atom is 0.341 e. The highest BCUT2D eigenvalue weighted by Gasteiger charge is 2.29. The first-order valence-electron chi connectivity index (χ1n) is 11.4. The number of thioether (sulfide) groups is 1. The Labute approximate surface area is 217 Å². The number of esters is 1. The lowest BCUT2D eigenvalue weighted by Crippen LogP contribution is -2.17. The van der Waals surface area contributed by atoms with Crippen LogP contribution in [0.4, 0.5) is 5.00 Å². The van der Waals surface area contributed by atoms with Gasteiger partial charge < -0.3 is 19.4 Å². The summed E-state index contributed by atoms with van der Waals surface area (Å²) in [5.74, 6) is 1.27. The monoisotopic (exact) mass is 534 g/mol. The lowest BCUT2D eigenvalue weighted by atomic mass is 9.88. The highest BCUT2D eigenvalue weighted by molar-refractivity contribution is 7.99. The number of nitrogens with one attached hydrogen (secondary N) is 1. The number of hydrogen-bond donors (Lipinski definition) is 1. The molecule has 0 bridgehead atoms. The average molecular weight is 535 g/mol. The van der Waals surface area contributed by atoms with E-state index in [1.807, 2.05) is 23.6 Å². The van der Waals surface area contributed by atoms with Crippen molar-refractivity contribution in [2.75, 3.05) is 18.2 Å². The van der Waals surface area contributed by atoms with E-state index in [2.05, 4.69) is 22.4 Å². The molecular weight excluding hydrogens is 508 g/mol. The number of ether oxygens (including phenoxy) is 2. The van der Waals surface area contributed by atoms with Crippen LogP contribution in [0.15, 0.2) is 29.4 Å². The predicted molar refractivity (Wildman–Crippen MR) is 138 cm³/mol. The molecule has 8 nitrogen and oxygen atoms in total. The summed E-state index contributed by atoms with van der Waals surface area (Å²) in [7, 11) is 1.36. The van der Waals surface area contributed by atoms with E-state index in [-0.39, 0.29) is 18.3 Å². The van der Waals surface area contributed by atoms with E-state index >= 15 is 0 Å². The molecule has 3 aromatic rings. The summed E-state index contributed by atoms with van der Waals surface area (Å²) in [6.07, 6.45) is 2.75. The molecule has 2 heterocycles. The molecule has 2 aromatic heterocycles. The van der Waals surface area contributed by atoms with Crippen molar-refractivity contribution < 1.29 is 19.1 Å². The topological polar surface area (TPSA) is 95.3 Å². The molecule has 0 radical (unpaired) electrons. The first-order chi connectivity index (χ1) is 16.9. The third kappa shape index (κ3) is 5.82. The number of para-hydroxylation sites is 1. The van der Waals surface area contributed by atoms with Crippen LogP contribution in [-0.4, -0.2) is 39.5 Å². The van der Waals surface area contributed by atoms with Gasteiger partial charge >= 0.3 is 5.97 Å². The number of halogens is 1. The Hall–Kier alpha value is -2.56. The Morgan fingerprint density at radius 1 is 1.31 bits per heavy atom. The van der Waals surface area contributed by atoms with Gasteiger partial charge in [-0.2, -0.15) is 0 Å². The van der Waals surface area contributed by atoms with Crippen LogP contribution in [0.1, 0.15) is 46.9 Å². The van der Waals surface area contributed by atoms with E-state index in [1.165, 1.54) is 30.2 Å². The molecule has 4 rings (SSSR count). The number of rotatable bonds is 9.